The van der Waals surface area contributed by atoms with E-state index >= 15 is 0 Å². The second kappa shape index (κ2) is 6.07. The van der Waals surface area contributed by atoms with E-state index in [-0.39, 0.29) is 17.7 Å². The third-order valence-electron chi connectivity index (χ3n) is 4.18. The average Bonchev–Trinajstić information content (AvgIpc) is 2.46. The molecule has 0 spiro atoms. The number of hydrogen-bond donors (Lipinski definition) is 1. The molecule has 1 amide bonds. The van der Waals surface area contributed by atoms with Crippen molar-refractivity contribution in [2.45, 2.75) is 32.6 Å². The largest absolute Gasteiger partial charge is 0.481 e. The van der Waals surface area contributed by atoms with Crippen LogP contribution >= 0.6 is 0 Å². The smallest absolute Gasteiger partial charge is 0.306 e. The van der Waals surface area contributed by atoms with Crippen LogP contribution in [0.1, 0.15) is 31.2 Å². The number of carboxylic acid groups (broad SMARTS) is 1. The van der Waals surface area contributed by atoms with Gasteiger partial charge in [-0.05, 0) is 44.7 Å². The van der Waals surface area contributed by atoms with E-state index in [0.717, 1.165) is 11.3 Å². The number of carbonyl (C=O) groups is 2. The van der Waals surface area contributed by atoms with Crippen LogP contribution in [-0.2, 0) is 9.59 Å². The van der Waals surface area contributed by atoms with Gasteiger partial charge >= 0.3 is 5.97 Å². The molecular formula is C16H21NO3. The fourth-order valence-corrected chi connectivity index (χ4v) is 2.76. The molecule has 1 aliphatic carbocycles. The molecule has 1 aromatic carbocycles. The zero-order valence-electron chi connectivity index (χ0n) is 12.0. The Kier molecular flexibility index (Phi) is 4.42. The Hall–Kier alpha value is -1.84. The number of anilines is 1. The summed E-state index contributed by atoms with van der Waals surface area (Å²) in [4.78, 5) is 25.0. The number of aliphatic carboxylic acids is 1. The maximum atomic E-state index is 12.4. The van der Waals surface area contributed by atoms with Crippen molar-refractivity contribution in [2.75, 3.05) is 11.9 Å². The van der Waals surface area contributed by atoms with E-state index in [4.69, 9.17) is 5.11 Å². The molecule has 1 N–H and O–H groups in total. The highest BCUT2D eigenvalue weighted by atomic mass is 16.4. The molecule has 4 heteroatoms. The lowest BCUT2D eigenvalue weighted by Crippen LogP contribution is -2.35. The standard InChI is InChI=1S/C16H21NO3/c1-11-3-9-14(10-4-11)17(2)15(18)12-5-7-13(8-6-12)16(19)20/h3-4,9-10,12-13H,5-8H2,1-2H3,(H,19,20). The van der Waals surface area contributed by atoms with Gasteiger partial charge in [0.15, 0.2) is 0 Å². The normalized spacial score (nSPS) is 22.3. The summed E-state index contributed by atoms with van der Waals surface area (Å²) in [5.41, 5.74) is 2.05. The molecular weight excluding hydrogens is 254 g/mol. The summed E-state index contributed by atoms with van der Waals surface area (Å²) in [5, 5.41) is 8.98. The zero-order valence-corrected chi connectivity index (χ0v) is 12.0. The maximum absolute atomic E-state index is 12.4. The van der Waals surface area contributed by atoms with Crippen LogP contribution < -0.4 is 4.90 Å². The number of amides is 1. The van der Waals surface area contributed by atoms with Crippen LogP contribution in [0.3, 0.4) is 0 Å². The quantitative estimate of drug-likeness (QED) is 0.922. The van der Waals surface area contributed by atoms with Gasteiger partial charge in [-0.25, -0.2) is 0 Å². The number of carboxylic acids is 1. The van der Waals surface area contributed by atoms with Crippen molar-refractivity contribution in [1.29, 1.82) is 0 Å². The van der Waals surface area contributed by atoms with Crippen molar-refractivity contribution in [3.05, 3.63) is 29.8 Å². The molecule has 0 aromatic heterocycles. The number of benzene rings is 1. The summed E-state index contributed by atoms with van der Waals surface area (Å²) in [6.45, 7) is 2.01. The molecule has 2 rings (SSSR count). The van der Waals surface area contributed by atoms with Crippen LogP contribution in [0.25, 0.3) is 0 Å². The SMILES string of the molecule is Cc1ccc(N(C)C(=O)C2CCC(C(=O)O)CC2)cc1. The Balaban J connectivity index is 1.98. The molecule has 1 fully saturated rings. The Morgan fingerprint density at radius 3 is 2.05 bits per heavy atom. The van der Waals surface area contributed by atoms with Crippen LogP contribution in [-0.4, -0.2) is 24.0 Å². The van der Waals surface area contributed by atoms with Gasteiger partial charge in [0, 0.05) is 18.7 Å². The minimum absolute atomic E-state index is 0.0445. The van der Waals surface area contributed by atoms with E-state index in [1.807, 2.05) is 31.2 Å². The predicted octanol–water partition coefficient (Wildman–Crippen LogP) is 2.85. The summed E-state index contributed by atoms with van der Waals surface area (Å²) in [6.07, 6.45) is 2.55. The van der Waals surface area contributed by atoms with Crippen molar-refractivity contribution in [2.24, 2.45) is 11.8 Å². The van der Waals surface area contributed by atoms with Crippen molar-refractivity contribution >= 4 is 17.6 Å². The van der Waals surface area contributed by atoms with Crippen LogP contribution in [0, 0.1) is 18.8 Å². The van der Waals surface area contributed by atoms with Crippen LogP contribution in [0.15, 0.2) is 24.3 Å². The minimum Gasteiger partial charge on any atom is -0.481 e. The predicted molar refractivity (Wildman–Crippen MR) is 77.7 cm³/mol. The summed E-state index contributed by atoms with van der Waals surface area (Å²) in [5.74, 6) is -0.957. The molecule has 0 atom stereocenters. The summed E-state index contributed by atoms with van der Waals surface area (Å²) >= 11 is 0. The van der Waals surface area contributed by atoms with E-state index in [9.17, 15) is 9.59 Å². The number of carbonyl (C=O) groups excluding carboxylic acids is 1. The first-order chi connectivity index (χ1) is 9.49. The third-order valence-corrected chi connectivity index (χ3v) is 4.18. The van der Waals surface area contributed by atoms with Gasteiger partial charge in [-0.2, -0.15) is 0 Å². The molecule has 108 valence electrons. The number of aryl methyl sites for hydroxylation is 1. The average molecular weight is 275 g/mol. The summed E-state index contributed by atoms with van der Waals surface area (Å²) in [7, 11) is 1.79. The summed E-state index contributed by atoms with van der Waals surface area (Å²) < 4.78 is 0. The van der Waals surface area contributed by atoms with E-state index in [2.05, 4.69) is 0 Å². The lowest BCUT2D eigenvalue weighted by atomic mass is 9.81. The highest BCUT2D eigenvalue weighted by Crippen LogP contribution is 2.31. The second-order valence-electron chi connectivity index (χ2n) is 5.62. The Bertz CT molecular complexity index is 487. The topological polar surface area (TPSA) is 57.6 Å². The van der Waals surface area contributed by atoms with Gasteiger partial charge in [0.05, 0.1) is 5.92 Å². The molecule has 0 aliphatic heterocycles. The fraction of sp³-hybridized carbons (Fsp3) is 0.500. The molecule has 0 heterocycles. The van der Waals surface area contributed by atoms with Gasteiger partial charge in [0.1, 0.15) is 0 Å². The third kappa shape index (κ3) is 3.18. The van der Waals surface area contributed by atoms with Gasteiger partial charge in [-0.1, -0.05) is 17.7 Å². The molecule has 20 heavy (non-hydrogen) atoms. The molecule has 1 saturated carbocycles. The van der Waals surface area contributed by atoms with E-state index < -0.39 is 5.97 Å². The molecule has 0 bridgehead atoms. The van der Waals surface area contributed by atoms with Gasteiger partial charge in [0.25, 0.3) is 0 Å². The van der Waals surface area contributed by atoms with Gasteiger partial charge in [-0.3, -0.25) is 9.59 Å². The molecule has 0 unspecified atom stereocenters. The highest BCUT2D eigenvalue weighted by Gasteiger charge is 2.31. The molecule has 1 aromatic rings. The molecule has 0 saturated heterocycles. The van der Waals surface area contributed by atoms with Crippen LogP contribution in [0.4, 0.5) is 5.69 Å². The Morgan fingerprint density at radius 1 is 1.05 bits per heavy atom. The first-order valence-corrected chi connectivity index (χ1v) is 7.06. The van der Waals surface area contributed by atoms with Gasteiger partial charge in [0.2, 0.25) is 5.91 Å². The lowest BCUT2D eigenvalue weighted by Gasteiger charge is -2.29. The molecule has 0 radical (unpaired) electrons. The number of rotatable bonds is 3. The fourth-order valence-electron chi connectivity index (χ4n) is 2.76. The molecule has 4 nitrogen and oxygen atoms in total. The summed E-state index contributed by atoms with van der Waals surface area (Å²) in [6, 6.07) is 7.85. The Labute approximate surface area is 119 Å². The highest BCUT2D eigenvalue weighted by molar-refractivity contribution is 5.94. The van der Waals surface area contributed by atoms with Gasteiger partial charge in [-0.15, -0.1) is 0 Å². The van der Waals surface area contributed by atoms with Crippen LogP contribution in [0.2, 0.25) is 0 Å². The maximum Gasteiger partial charge on any atom is 0.306 e. The lowest BCUT2D eigenvalue weighted by molar-refractivity contribution is -0.143. The monoisotopic (exact) mass is 275 g/mol. The first-order valence-electron chi connectivity index (χ1n) is 7.06. The first kappa shape index (κ1) is 14.6. The van der Waals surface area contributed by atoms with Crippen molar-refractivity contribution in [1.82, 2.24) is 0 Å². The van der Waals surface area contributed by atoms with Crippen molar-refractivity contribution < 1.29 is 14.7 Å². The van der Waals surface area contributed by atoms with E-state index in [1.54, 1.807) is 11.9 Å². The van der Waals surface area contributed by atoms with Crippen molar-refractivity contribution in [3.8, 4) is 0 Å². The Morgan fingerprint density at radius 2 is 1.55 bits per heavy atom. The number of nitrogens with zero attached hydrogens (tertiary/aromatic N) is 1. The zero-order chi connectivity index (χ0) is 14.7. The van der Waals surface area contributed by atoms with Crippen molar-refractivity contribution in [3.63, 3.8) is 0 Å². The molecule has 1 aliphatic rings. The van der Waals surface area contributed by atoms with Gasteiger partial charge < -0.3 is 10.0 Å². The van der Waals surface area contributed by atoms with E-state index in [0.29, 0.717) is 25.7 Å². The van der Waals surface area contributed by atoms with E-state index in [1.165, 1.54) is 0 Å². The number of hydrogen-bond acceptors (Lipinski definition) is 2. The van der Waals surface area contributed by atoms with Crippen LogP contribution in [0.5, 0.6) is 0 Å². The minimum atomic E-state index is -0.734. The second-order valence-corrected chi connectivity index (χ2v) is 5.62.